The van der Waals surface area contributed by atoms with Gasteiger partial charge in [0, 0.05) is 3.57 Å². The summed E-state index contributed by atoms with van der Waals surface area (Å²) in [6, 6.07) is 7.72. The highest BCUT2D eigenvalue weighted by molar-refractivity contribution is 14.1. The summed E-state index contributed by atoms with van der Waals surface area (Å²) in [5, 5.41) is 15.5. The molecule has 1 N–H and O–H groups in total. The molecule has 0 spiro atoms. The number of nitrogens with zero attached hydrogens (tertiary/aromatic N) is 4. The fourth-order valence-electron chi connectivity index (χ4n) is 1.95. The molecule has 20 heavy (non-hydrogen) atoms. The number of hydrogen-bond donors (Lipinski definition) is 1. The van der Waals surface area contributed by atoms with Crippen LogP contribution in [-0.4, -0.2) is 24.9 Å². The first-order valence-corrected chi connectivity index (χ1v) is 7.36. The van der Waals surface area contributed by atoms with Crippen LogP contribution >= 0.6 is 34.2 Å². The maximum atomic E-state index is 10.3. The molecule has 1 unspecified atom stereocenters. The first-order chi connectivity index (χ1) is 9.65. The molecule has 0 aliphatic carbocycles. The van der Waals surface area contributed by atoms with Crippen molar-refractivity contribution >= 4 is 45.2 Å². The second-order valence-electron chi connectivity index (χ2n) is 4.30. The molecule has 2 heterocycles. The lowest BCUT2D eigenvalue weighted by atomic mass is 10.1. The minimum atomic E-state index is -0.649. The van der Waals surface area contributed by atoms with E-state index in [0.29, 0.717) is 22.7 Å². The average Bonchev–Trinajstić information content (AvgIpc) is 2.84. The van der Waals surface area contributed by atoms with Crippen LogP contribution in [0.4, 0.5) is 0 Å². The van der Waals surface area contributed by atoms with Gasteiger partial charge < -0.3 is 5.11 Å². The second-order valence-corrected chi connectivity index (χ2v) is 5.90. The van der Waals surface area contributed by atoms with E-state index in [1.807, 2.05) is 24.3 Å². The largest absolute Gasteiger partial charge is 0.386 e. The van der Waals surface area contributed by atoms with Gasteiger partial charge in [-0.2, -0.15) is 5.10 Å². The molecule has 0 bridgehead atoms. The molecular formula is C13H10ClIN4O. The van der Waals surface area contributed by atoms with E-state index in [1.54, 1.807) is 10.9 Å². The van der Waals surface area contributed by atoms with Gasteiger partial charge in [0.25, 0.3) is 0 Å². The third-order valence-corrected chi connectivity index (χ3v) is 4.01. The summed E-state index contributed by atoms with van der Waals surface area (Å²) in [7, 11) is 0. The van der Waals surface area contributed by atoms with Crippen molar-refractivity contribution in [2.75, 3.05) is 0 Å². The number of aliphatic hydroxyl groups excluding tert-OH is 1. The minimum Gasteiger partial charge on any atom is -0.386 e. The highest BCUT2D eigenvalue weighted by Crippen LogP contribution is 2.21. The second kappa shape index (κ2) is 5.63. The van der Waals surface area contributed by atoms with Gasteiger partial charge in [0.15, 0.2) is 5.65 Å². The molecule has 0 fully saturated rings. The van der Waals surface area contributed by atoms with Crippen LogP contribution in [0.25, 0.3) is 11.0 Å². The Morgan fingerprint density at radius 1 is 1.25 bits per heavy atom. The number of benzene rings is 1. The molecule has 1 atom stereocenters. The number of rotatable bonds is 3. The van der Waals surface area contributed by atoms with Crippen LogP contribution in [0.5, 0.6) is 0 Å². The molecule has 0 amide bonds. The molecule has 0 aliphatic heterocycles. The SMILES string of the molecule is OC(Cn1ncc2c(Cl)ncnc21)c1ccc(I)cc1. The quantitative estimate of drug-likeness (QED) is 0.542. The van der Waals surface area contributed by atoms with Crippen molar-refractivity contribution in [3.8, 4) is 0 Å². The Morgan fingerprint density at radius 2 is 2.00 bits per heavy atom. The van der Waals surface area contributed by atoms with E-state index in [-0.39, 0.29) is 0 Å². The molecule has 5 nitrogen and oxygen atoms in total. The fourth-order valence-corrected chi connectivity index (χ4v) is 2.49. The van der Waals surface area contributed by atoms with E-state index in [1.165, 1.54) is 6.33 Å². The monoisotopic (exact) mass is 400 g/mol. The number of aromatic nitrogens is 4. The highest BCUT2D eigenvalue weighted by atomic mass is 127. The van der Waals surface area contributed by atoms with Crippen LogP contribution < -0.4 is 0 Å². The van der Waals surface area contributed by atoms with Crippen molar-refractivity contribution in [2.24, 2.45) is 0 Å². The summed E-state index contributed by atoms with van der Waals surface area (Å²) in [5.41, 5.74) is 1.46. The highest BCUT2D eigenvalue weighted by Gasteiger charge is 2.13. The lowest BCUT2D eigenvalue weighted by molar-refractivity contribution is 0.153. The van der Waals surface area contributed by atoms with Crippen molar-refractivity contribution in [3.05, 3.63) is 51.1 Å². The van der Waals surface area contributed by atoms with Gasteiger partial charge in [0.1, 0.15) is 11.5 Å². The zero-order valence-electron chi connectivity index (χ0n) is 10.2. The number of fused-ring (bicyclic) bond motifs is 1. The van der Waals surface area contributed by atoms with Crippen LogP contribution in [-0.2, 0) is 6.54 Å². The minimum absolute atomic E-state index is 0.317. The predicted octanol–water partition coefficient (Wildman–Crippen LogP) is 2.82. The van der Waals surface area contributed by atoms with Gasteiger partial charge in [-0.15, -0.1) is 0 Å². The van der Waals surface area contributed by atoms with Gasteiger partial charge in [0.2, 0.25) is 0 Å². The van der Waals surface area contributed by atoms with Crippen LogP contribution in [0.1, 0.15) is 11.7 Å². The number of hydrogen-bond acceptors (Lipinski definition) is 4. The molecule has 0 radical (unpaired) electrons. The summed E-state index contributed by atoms with van der Waals surface area (Å²) < 4.78 is 2.76. The maximum absolute atomic E-state index is 10.3. The molecule has 7 heteroatoms. The Morgan fingerprint density at radius 3 is 2.75 bits per heavy atom. The molecular weight excluding hydrogens is 391 g/mol. The van der Waals surface area contributed by atoms with Gasteiger partial charge in [-0.3, -0.25) is 0 Å². The zero-order valence-corrected chi connectivity index (χ0v) is 13.2. The molecule has 0 saturated heterocycles. The van der Waals surface area contributed by atoms with Gasteiger partial charge in [-0.05, 0) is 40.3 Å². The van der Waals surface area contributed by atoms with Crippen molar-refractivity contribution < 1.29 is 5.11 Å². The molecule has 3 aromatic rings. The van der Waals surface area contributed by atoms with E-state index in [9.17, 15) is 5.11 Å². The molecule has 102 valence electrons. The summed E-state index contributed by atoms with van der Waals surface area (Å²) in [6.07, 6.45) is 2.35. The van der Waals surface area contributed by atoms with Crippen molar-refractivity contribution in [1.29, 1.82) is 0 Å². The van der Waals surface area contributed by atoms with Crippen molar-refractivity contribution in [3.63, 3.8) is 0 Å². The lowest BCUT2D eigenvalue weighted by Crippen LogP contribution is -2.10. The van der Waals surface area contributed by atoms with E-state index in [2.05, 4.69) is 37.7 Å². The van der Waals surface area contributed by atoms with E-state index >= 15 is 0 Å². The van der Waals surface area contributed by atoms with Crippen LogP contribution in [0, 0.1) is 3.57 Å². The van der Waals surface area contributed by atoms with Gasteiger partial charge in [0.05, 0.1) is 24.2 Å². The fraction of sp³-hybridized carbons (Fsp3) is 0.154. The summed E-state index contributed by atoms with van der Waals surface area (Å²) in [6.45, 7) is 0.317. The number of halogens is 2. The van der Waals surface area contributed by atoms with Crippen LogP contribution in [0.2, 0.25) is 5.15 Å². The zero-order chi connectivity index (χ0) is 14.1. The Balaban J connectivity index is 1.89. The Kier molecular flexibility index (Phi) is 3.86. The maximum Gasteiger partial charge on any atom is 0.162 e. The third kappa shape index (κ3) is 2.63. The summed E-state index contributed by atoms with van der Waals surface area (Å²) in [5.74, 6) is 0. The average molecular weight is 401 g/mol. The van der Waals surface area contributed by atoms with Crippen molar-refractivity contribution in [2.45, 2.75) is 12.6 Å². The number of aliphatic hydroxyl groups is 1. The lowest BCUT2D eigenvalue weighted by Gasteiger charge is -2.11. The third-order valence-electron chi connectivity index (χ3n) is 2.99. The Hall–Kier alpha value is -1.25. The predicted molar refractivity (Wildman–Crippen MR) is 84.5 cm³/mol. The molecule has 1 aromatic carbocycles. The molecule has 0 saturated carbocycles. The normalized spacial score (nSPS) is 12.8. The summed E-state index contributed by atoms with van der Waals surface area (Å²) in [4.78, 5) is 8.06. The summed E-state index contributed by atoms with van der Waals surface area (Å²) >= 11 is 8.20. The topological polar surface area (TPSA) is 63.8 Å². The van der Waals surface area contributed by atoms with Crippen LogP contribution in [0.3, 0.4) is 0 Å². The molecule has 2 aromatic heterocycles. The van der Waals surface area contributed by atoms with E-state index in [4.69, 9.17) is 11.6 Å². The van der Waals surface area contributed by atoms with Gasteiger partial charge >= 0.3 is 0 Å². The van der Waals surface area contributed by atoms with E-state index < -0.39 is 6.10 Å². The smallest absolute Gasteiger partial charge is 0.162 e. The standard InChI is InChI=1S/C13H10ClIN4O/c14-12-10-5-18-19(13(10)17-7-16-12)6-11(20)8-1-3-9(15)4-2-8/h1-5,7,11,20H,6H2. The van der Waals surface area contributed by atoms with E-state index in [0.717, 1.165) is 9.13 Å². The van der Waals surface area contributed by atoms with Gasteiger partial charge in [-0.1, -0.05) is 23.7 Å². The Labute approximate surface area is 133 Å². The molecule has 3 rings (SSSR count). The van der Waals surface area contributed by atoms with Gasteiger partial charge in [-0.25, -0.2) is 14.6 Å². The Bertz CT molecular complexity index is 744. The first kappa shape index (κ1) is 13.7. The molecule has 0 aliphatic rings. The van der Waals surface area contributed by atoms with Crippen molar-refractivity contribution in [1.82, 2.24) is 19.7 Å². The first-order valence-electron chi connectivity index (χ1n) is 5.90. The van der Waals surface area contributed by atoms with Crippen LogP contribution in [0.15, 0.2) is 36.8 Å².